The van der Waals surface area contributed by atoms with Crippen molar-refractivity contribution >= 4 is 33.0 Å². The molecule has 0 saturated heterocycles. The van der Waals surface area contributed by atoms with Crippen LogP contribution in [0.4, 0.5) is 0 Å². The SMILES string of the molecule is NS(=O)(=O)NC[C@@H]1C[C@@H](n2ccc3c(SCc4ccccc4)ncnc32)C[C@@H]1O. The third-order valence-electron chi connectivity index (χ3n) is 5.26. The summed E-state index contributed by atoms with van der Waals surface area (Å²) in [5.41, 5.74) is 2.06. The highest BCUT2D eigenvalue weighted by molar-refractivity contribution is 7.98. The van der Waals surface area contributed by atoms with Crippen LogP contribution in [0.2, 0.25) is 0 Å². The molecule has 2 aromatic heterocycles. The van der Waals surface area contributed by atoms with E-state index >= 15 is 0 Å². The van der Waals surface area contributed by atoms with Crippen LogP contribution in [0.1, 0.15) is 24.4 Å². The molecule has 0 aliphatic heterocycles. The topological polar surface area (TPSA) is 123 Å². The zero-order valence-corrected chi connectivity index (χ0v) is 17.3. The summed E-state index contributed by atoms with van der Waals surface area (Å²) in [6.07, 6.45) is 4.12. The van der Waals surface area contributed by atoms with Gasteiger partial charge in [0.25, 0.3) is 10.2 Å². The number of fused-ring (bicyclic) bond motifs is 1. The van der Waals surface area contributed by atoms with E-state index in [1.54, 1.807) is 18.1 Å². The quantitative estimate of drug-likeness (QED) is 0.386. The second kappa shape index (κ2) is 8.41. The number of hydrogen-bond acceptors (Lipinski definition) is 6. The molecular formula is C19H23N5O3S2. The third kappa shape index (κ3) is 4.78. The van der Waals surface area contributed by atoms with Crippen molar-refractivity contribution in [3.05, 3.63) is 54.5 Å². The molecule has 2 heterocycles. The Hall–Kier alpha value is -1.98. The van der Waals surface area contributed by atoms with E-state index in [-0.39, 0.29) is 18.5 Å². The predicted octanol–water partition coefficient (Wildman–Crippen LogP) is 1.83. The lowest BCUT2D eigenvalue weighted by molar-refractivity contribution is 0.133. The second-order valence-corrected chi connectivity index (χ2v) is 9.60. The van der Waals surface area contributed by atoms with E-state index in [2.05, 4.69) is 31.4 Å². The van der Waals surface area contributed by atoms with Gasteiger partial charge in [-0.3, -0.25) is 0 Å². The van der Waals surface area contributed by atoms with Crippen molar-refractivity contribution in [2.75, 3.05) is 6.54 Å². The zero-order valence-electron chi connectivity index (χ0n) is 15.7. The van der Waals surface area contributed by atoms with E-state index in [9.17, 15) is 13.5 Å². The van der Waals surface area contributed by atoms with Gasteiger partial charge in [-0.05, 0) is 24.5 Å². The zero-order chi connectivity index (χ0) is 20.4. The fourth-order valence-electron chi connectivity index (χ4n) is 3.83. The van der Waals surface area contributed by atoms with Crippen LogP contribution >= 0.6 is 11.8 Å². The lowest BCUT2D eigenvalue weighted by atomic mass is 10.1. The van der Waals surface area contributed by atoms with E-state index in [0.29, 0.717) is 12.8 Å². The van der Waals surface area contributed by atoms with E-state index in [1.165, 1.54) is 5.56 Å². The predicted molar refractivity (Wildman–Crippen MR) is 112 cm³/mol. The molecule has 1 aliphatic carbocycles. The van der Waals surface area contributed by atoms with Gasteiger partial charge in [-0.1, -0.05) is 30.3 Å². The molecular weight excluding hydrogens is 410 g/mol. The Morgan fingerprint density at radius 1 is 1.21 bits per heavy atom. The van der Waals surface area contributed by atoms with Crippen molar-refractivity contribution in [3.8, 4) is 0 Å². The molecule has 1 aliphatic rings. The summed E-state index contributed by atoms with van der Waals surface area (Å²) < 4.78 is 26.6. The molecule has 0 bridgehead atoms. The minimum absolute atomic E-state index is 0.0386. The largest absolute Gasteiger partial charge is 0.393 e. The minimum atomic E-state index is -3.77. The van der Waals surface area contributed by atoms with Gasteiger partial charge in [0.1, 0.15) is 17.0 Å². The third-order valence-corrected chi connectivity index (χ3v) is 6.91. The van der Waals surface area contributed by atoms with Gasteiger partial charge >= 0.3 is 0 Å². The first-order chi connectivity index (χ1) is 13.9. The molecule has 1 saturated carbocycles. The van der Waals surface area contributed by atoms with E-state index < -0.39 is 16.3 Å². The molecule has 3 aromatic rings. The lowest BCUT2D eigenvalue weighted by Gasteiger charge is -2.14. The van der Waals surface area contributed by atoms with Crippen LogP contribution in [-0.2, 0) is 16.0 Å². The van der Waals surface area contributed by atoms with Crippen molar-refractivity contribution < 1.29 is 13.5 Å². The molecule has 1 aromatic carbocycles. The molecule has 0 unspecified atom stereocenters. The van der Waals surface area contributed by atoms with Crippen molar-refractivity contribution in [2.24, 2.45) is 11.1 Å². The van der Waals surface area contributed by atoms with E-state index in [4.69, 9.17) is 5.14 Å². The van der Waals surface area contributed by atoms with Gasteiger partial charge in [0.05, 0.1) is 11.5 Å². The summed E-state index contributed by atoms with van der Waals surface area (Å²) in [6.45, 7) is 0.128. The maximum Gasteiger partial charge on any atom is 0.274 e. The summed E-state index contributed by atoms with van der Waals surface area (Å²) in [5, 5.41) is 17.3. The molecule has 0 amide bonds. The number of benzene rings is 1. The van der Waals surface area contributed by atoms with Gasteiger partial charge < -0.3 is 9.67 Å². The highest BCUT2D eigenvalue weighted by Crippen LogP contribution is 2.38. The Balaban J connectivity index is 1.50. The van der Waals surface area contributed by atoms with Crippen molar-refractivity contribution in [1.29, 1.82) is 0 Å². The van der Waals surface area contributed by atoms with Crippen LogP contribution < -0.4 is 9.86 Å². The molecule has 10 heteroatoms. The van der Waals surface area contributed by atoms with Gasteiger partial charge in [0.15, 0.2) is 0 Å². The Morgan fingerprint density at radius 2 is 2.00 bits per heavy atom. The van der Waals surface area contributed by atoms with Crippen LogP contribution in [0.5, 0.6) is 0 Å². The number of thioether (sulfide) groups is 1. The average Bonchev–Trinajstić information content (AvgIpc) is 3.28. The maximum absolute atomic E-state index is 11.1. The number of nitrogens with one attached hydrogen (secondary N) is 1. The molecule has 0 spiro atoms. The van der Waals surface area contributed by atoms with Crippen molar-refractivity contribution in [1.82, 2.24) is 19.3 Å². The van der Waals surface area contributed by atoms with Crippen LogP contribution in [0, 0.1) is 5.92 Å². The highest BCUT2D eigenvalue weighted by Gasteiger charge is 2.35. The van der Waals surface area contributed by atoms with Gasteiger partial charge in [-0.15, -0.1) is 11.8 Å². The van der Waals surface area contributed by atoms with Crippen LogP contribution in [-0.4, -0.2) is 40.7 Å². The normalized spacial score (nSPS) is 22.3. The summed E-state index contributed by atoms with van der Waals surface area (Å²) in [6, 6.07) is 12.3. The first kappa shape index (κ1) is 20.3. The molecule has 1 fully saturated rings. The minimum Gasteiger partial charge on any atom is -0.393 e. The summed E-state index contributed by atoms with van der Waals surface area (Å²) in [5.74, 6) is 0.631. The molecule has 154 valence electrons. The Bertz CT molecular complexity index is 1090. The highest BCUT2D eigenvalue weighted by atomic mass is 32.2. The summed E-state index contributed by atoms with van der Waals surface area (Å²) >= 11 is 1.67. The van der Waals surface area contributed by atoms with Gasteiger partial charge in [-0.2, -0.15) is 8.42 Å². The van der Waals surface area contributed by atoms with Crippen molar-refractivity contribution in [2.45, 2.75) is 35.8 Å². The van der Waals surface area contributed by atoms with Crippen molar-refractivity contribution in [3.63, 3.8) is 0 Å². The standard InChI is InChI=1S/C19H23N5O3S2/c20-29(26,27)23-10-14-8-15(9-17(14)25)24-7-6-16-18(24)21-12-22-19(16)28-11-13-4-2-1-3-5-13/h1-7,12,14-15,17,23,25H,8-11H2,(H2,20,26,27)/t14-,15+,17-/m0/s1. The van der Waals surface area contributed by atoms with Crippen LogP contribution in [0.3, 0.4) is 0 Å². The van der Waals surface area contributed by atoms with Gasteiger partial charge in [0.2, 0.25) is 0 Å². The van der Waals surface area contributed by atoms with Crippen LogP contribution in [0.15, 0.2) is 53.9 Å². The van der Waals surface area contributed by atoms with Gasteiger partial charge in [-0.25, -0.2) is 19.8 Å². The average molecular weight is 434 g/mol. The summed E-state index contributed by atoms with van der Waals surface area (Å²) in [7, 11) is -3.77. The maximum atomic E-state index is 11.1. The number of nitrogens with two attached hydrogens (primary N) is 1. The fraction of sp³-hybridized carbons (Fsp3) is 0.368. The first-order valence-corrected chi connectivity index (χ1v) is 11.9. The number of rotatable bonds is 7. The monoisotopic (exact) mass is 433 g/mol. The fourth-order valence-corrected chi connectivity index (χ4v) is 5.21. The number of aromatic nitrogens is 3. The molecule has 4 N–H and O–H groups in total. The Labute approximate surface area is 173 Å². The van der Waals surface area contributed by atoms with Gasteiger partial charge in [0, 0.05) is 30.5 Å². The van der Waals surface area contributed by atoms with E-state index in [0.717, 1.165) is 21.8 Å². The lowest BCUT2D eigenvalue weighted by Crippen LogP contribution is -2.36. The first-order valence-electron chi connectivity index (χ1n) is 9.34. The second-order valence-electron chi connectivity index (χ2n) is 7.26. The molecule has 4 rings (SSSR count). The number of aliphatic hydroxyl groups is 1. The smallest absolute Gasteiger partial charge is 0.274 e. The Kier molecular flexibility index (Phi) is 5.88. The molecule has 3 atom stereocenters. The molecule has 8 nitrogen and oxygen atoms in total. The molecule has 29 heavy (non-hydrogen) atoms. The number of hydrogen-bond donors (Lipinski definition) is 3. The summed E-state index contributed by atoms with van der Waals surface area (Å²) in [4.78, 5) is 8.91. The Morgan fingerprint density at radius 3 is 2.76 bits per heavy atom. The van der Waals surface area contributed by atoms with E-state index in [1.807, 2.05) is 30.5 Å². The number of aliphatic hydroxyl groups excluding tert-OH is 1. The molecule has 0 radical (unpaired) electrons. The number of nitrogens with zero attached hydrogens (tertiary/aromatic N) is 3. The van der Waals surface area contributed by atoms with Crippen LogP contribution in [0.25, 0.3) is 11.0 Å².